The number of ether oxygens (including phenoxy) is 2. The number of amides is 1. The molecule has 2 aromatic rings. The van der Waals surface area contributed by atoms with Crippen LogP contribution in [0.15, 0.2) is 61.2 Å². The summed E-state index contributed by atoms with van der Waals surface area (Å²) in [4.78, 5) is 11.9. The van der Waals surface area contributed by atoms with E-state index in [0.29, 0.717) is 18.1 Å². The van der Waals surface area contributed by atoms with Crippen molar-refractivity contribution in [1.29, 1.82) is 0 Å². The smallest absolute Gasteiger partial charge is 0.245 e. The van der Waals surface area contributed by atoms with Gasteiger partial charge in [-0.1, -0.05) is 18.7 Å². The van der Waals surface area contributed by atoms with E-state index in [9.17, 15) is 9.18 Å². The summed E-state index contributed by atoms with van der Waals surface area (Å²) in [5.41, 5.74) is 1.52. The second-order valence-electron chi connectivity index (χ2n) is 5.24. The Morgan fingerprint density at radius 3 is 2.65 bits per heavy atom. The second kappa shape index (κ2) is 9.88. The molecule has 136 valence electrons. The molecule has 0 spiro atoms. The van der Waals surface area contributed by atoms with Gasteiger partial charge < -0.3 is 20.1 Å². The molecule has 0 aliphatic rings. The van der Waals surface area contributed by atoms with E-state index in [1.807, 2.05) is 6.07 Å². The summed E-state index contributed by atoms with van der Waals surface area (Å²) < 4.78 is 23.6. The molecule has 0 bridgehead atoms. The lowest BCUT2D eigenvalue weighted by atomic mass is 10.2. The van der Waals surface area contributed by atoms with Gasteiger partial charge in [0.1, 0.15) is 12.4 Å². The molecule has 2 aromatic carbocycles. The lowest BCUT2D eigenvalue weighted by Crippen LogP contribution is -2.27. The van der Waals surface area contributed by atoms with Crippen molar-refractivity contribution in [1.82, 2.24) is 5.32 Å². The highest BCUT2D eigenvalue weighted by Gasteiger charge is 2.04. The fraction of sp³-hybridized carbons (Fsp3) is 0.150. The van der Waals surface area contributed by atoms with Gasteiger partial charge in [-0.15, -0.1) is 0 Å². The molecule has 2 N–H and O–H groups in total. The van der Waals surface area contributed by atoms with Gasteiger partial charge in [0.15, 0.2) is 11.5 Å². The Morgan fingerprint density at radius 1 is 1.19 bits per heavy atom. The van der Waals surface area contributed by atoms with Crippen LogP contribution in [0.1, 0.15) is 5.56 Å². The van der Waals surface area contributed by atoms with Gasteiger partial charge in [0.2, 0.25) is 5.91 Å². The van der Waals surface area contributed by atoms with Crippen LogP contribution in [0.5, 0.6) is 11.5 Å². The van der Waals surface area contributed by atoms with Crippen LogP contribution >= 0.6 is 0 Å². The molecule has 0 radical (unpaired) electrons. The molecule has 0 aliphatic heterocycles. The van der Waals surface area contributed by atoms with Crippen molar-refractivity contribution < 1.29 is 18.7 Å². The molecule has 0 fully saturated rings. The van der Waals surface area contributed by atoms with Crippen molar-refractivity contribution in [2.45, 2.75) is 0 Å². The molecular formula is C20H21FN2O3. The van der Waals surface area contributed by atoms with Gasteiger partial charge in [-0.3, -0.25) is 4.79 Å². The number of carbonyl (C=O) groups excluding carboxylic acids is 1. The van der Waals surface area contributed by atoms with Crippen LogP contribution < -0.4 is 20.1 Å². The first-order valence-corrected chi connectivity index (χ1v) is 7.99. The average Bonchev–Trinajstić information content (AvgIpc) is 2.66. The highest BCUT2D eigenvalue weighted by molar-refractivity contribution is 5.91. The molecule has 0 heterocycles. The van der Waals surface area contributed by atoms with Crippen LogP contribution in [-0.4, -0.2) is 26.3 Å². The van der Waals surface area contributed by atoms with Crippen LogP contribution in [0, 0.1) is 5.82 Å². The predicted molar refractivity (Wildman–Crippen MR) is 101 cm³/mol. The Hall–Kier alpha value is -3.28. The molecular weight excluding hydrogens is 335 g/mol. The minimum atomic E-state index is -0.307. The summed E-state index contributed by atoms with van der Waals surface area (Å²) >= 11 is 0. The maximum absolute atomic E-state index is 12.8. The number of rotatable bonds is 9. The Labute approximate surface area is 152 Å². The first kappa shape index (κ1) is 19.1. The standard InChI is InChI=1S/C20H21FN2O3/c1-3-12-26-18-10-4-15(13-19(18)25-2)5-11-20(24)23-14-22-17-8-6-16(21)7-9-17/h3-11,13,22H,1,12,14H2,2H3,(H,23,24)/b11-5+. The van der Waals surface area contributed by atoms with Crippen molar-refractivity contribution in [2.24, 2.45) is 0 Å². The fourth-order valence-corrected chi connectivity index (χ4v) is 2.09. The van der Waals surface area contributed by atoms with Crippen LogP contribution in [-0.2, 0) is 4.79 Å². The van der Waals surface area contributed by atoms with Gasteiger partial charge in [-0.25, -0.2) is 4.39 Å². The molecule has 0 aromatic heterocycles. The molecule has 0 saturated heterocycles. The van der Waals surface area contributed by atoms with E-state index in [1.54, 1.807) is 43.5 Å². The maximum atomic E-state index is 12.8. The van der Waals surface area contributed by atoms with Crippen molar-refractivity contribution in [3.8, 4) is 11.5 Å². The molecule has 0 atom stereocenters. The normalized spacial score (nSPS) is 10.4. The Morgan fingerprint density at radius 2 is 1.96 bits per heavy atom. The lowest BCUT2D eigenvalue weighted by molar-refractivity contribution is -0.116. The van der Waals surface area contributed by atoms with E-state index in [0.717, 1.165) is 11.3 Å². The molecule has 0 saturated carbocycles. The first-order valence-electron chi connectivity index (χ1n) is 7.99. The molecule has 2 rings (SSSR count). The summed E-state index contributed by atoms with van der Waals surface area (Å²) in [7, 11) is 1.55. The SMILES string of the molecule is C=CCOc1ccc(/C=C/C(=O)NCNc2ccc(F)cc2)cc1OC. The minimum absolute atomic E-state index is 0.229. The van der Waals surface area contributed by atoms with Gasteiger partial charge >= 0.3 is 0 Å². The molecule has 5 nitrogen and oxygen atoms in total. The summed E-state index contributed by atoms with van der Waals surface area (Å²) in [6.07, 6.45) is 4.75. The number of anilines is 1. The Bertz CT molecular complexity index is 773. The number of hydrogen-bond acceptors (Lipinski definition) is 4. The van der Waals surface area contributed by atoms with E-state index in [-0.39, 0.29) is 18.4 Å². The fourth-order valence-electron chi connectivity index (χ4n) is 2.09. The maximum Gasteiger partial charge on any atom is 0.245 e. The van der Waals surface area contributed by atoms with Crippen molar-refractivity contribution in [2.75, 3.05) is 25.7 Å². The summed E-state index contributed by atoms with van der Waals surface area (Å²) in [6.45, 7) is 4.21. The van der Waals surface area contributed by atoms with E-state index in [4.69, 9.17) is 9.47 Å². The van der Waals surface area contributed by atoms with Gasteiger partial charge in [-0.2, -0.15) is 0 Å². The number of benzene rings is 2. The zero-order valence-electron chi connectivity index (χ0n) is 14.5. The molecule has 0 unspecified atom stereocenters. The summed E-state index contributed by atoms with van der Waals surface area (Å²) in [5, 5.41) is 5.66. The molecule has 26 heavy (non-hydrogen) atoms. The van der Waals surface area contributed by atoms with Crippen LogP contribution in [0.3, 0.4) is 0 Å². The van der Waals surface area contributed by atoms with Gasteiger partial charge in [0.05, 0.1) is 13.8 Å². The van der Waals surface area contributed by atoms with Gasteiger partial charge in [0, 0.05) is 11.8 Å². The Balaban J connectivity index is 1.86. The summed E-state index contributed by atoms with van der Waals surface area (Å²) in [5.74, 6) is 0.620. The van der Waals surface area contributed by atoms with Crippen LogP contribution in [0.25, 0.3) is 6.08 Å². The van der Waals surface area contributed by atoms with Crippen molar-refractivity contribution in [3.05, 3.63) is 72.6 Å². The zero-order valence-corrected chi connectivity index (χ0v) is 14.5. The number of carbonyl (C=O) groups is 1. The predicted octanol–water partition coefficient (Wildman–Crippen LogP) is 3.60. The minimum Gasteiger partial charge on any atom is -0.493 e. The highest BCUT2D eigenvalue weighted by atomic mass is 19.1. The molecule has 0 aliphatic carbocycles. The Kier molecular flexibility index (Phi) is 7.24. The van der Waals surface area contributed by atoms with Gasteiger partial charge in [0.25, 0.3) is 0 Å². The first-order chi connectivity index (χ1) is 12.6. The molecule has 6 heteroatoms. The third-order valence-electron chi connectivity index (χ3n) is 3.37. The quantitative estimate of drug-likeness (QED) is 0.409. The third kappa shape index (κ3) is 5.98. The van der Waals surface area contributed by atoms with Crippen LogP contribution in [0.2, 0.25) is 0 Å². The van der Waals surface area contributed by atoms with E-state index >= 15 is 0 Å². The molecule has 1 amide bonds. The topological polar surface area (TPSA) is 59.6 Å². The number of hydrogen-bond donors (Lipinski definition) is 2. The third-order valence-corrected chi connectivity index (χ3v) is 3.37. The van der Waals surface area contributed by atoms with Gasteiger partial charge in [-0.05, 0) is 48.0 Å². The van der Waals surface area contributed by atoms with E-state index < -0.39 is 0 Å². The van der Waals surface area contributed by atoms with E-state index in [2.05, 4.69) is 17.2 Å². The largest absolute Gasteiger partial charge is 0.493 e. The van der Waals surface area contributed by atoms with E-state index in [1.165, 1.54) is 18.2 Å². The number of nitrogens with one attached hydrogen (secondary N) is 2. The lowest BCUT2D eigenvalue weighted by Gasteiger charge is -2.09. The van der Waals surface area contributed by atoms with Crippen molar-refractivity contribution >= 4 is 17.7 Å². The highest BCUT2D eigenvalue weighted by Crippen LogP contribution is 2.28. The number of methoxy groups -OCH3 is 1. The second-order valence-corrected chi connectivity index (χ2v) is 5.24. The van der Waals surface area contributed by atoms with Crippen molar-refractivity contribution in [3.63, 3.8) is 0 Å². The summed E-state index contributed by atoms with van der Waals surface area (Å²) in [6, 6.07) is 11.3. The zero-order chi connectivity index (χ0) is 18.8. The average molecular weight is 356 g/mol. The number of halogens is 1. The van der Waals surface area contributed by atoms with Crippen LogP contribution in [0.4, 0.5) is 10.1 Å². The monoisotopic (exact) mass is 356 g/mol.